The Kier molecular flexibility index (Phi) is 15.2. The van der Waals surface area contributed by atoms with E-state index in [1.165, 1.54) is 7.05 Å². The highest BCUT2D eigenvalue weighted by Crippen LogP contribution is 2.19. The fourth-order valence-corrected chi connectivity index (χ4v) is 4.93. The zero-order chi connectivity index (χ0) is 28.5. The lowest BCUT2D eigenvalue weighted by Gasteiger charge is -2.29. The number of carbonyl (C=O) groups is 4. The van der Waals surface area contributed by atoms with Gasteiger partial charge in [-0.2, -0.15) is 0 Å². The quantitative estimate of drug-likeness (QED) is 0.242. The lowest BCUT2D eigenvalue weighted by atomic mass is 9.96. The van der Waals surface area contributed by atoms with Crippen molar-refractivity contribution in [2.75, 3.05) is 20.3 Å². The maximum atomic E-state index is 12.8. The van der Waals surface area contributed by atoms with E-state index in [-0.39, 0.29) is 18.1 Å². The van der Waals surface area contributed by atoms with E-state index in [0.29, 0.717) is 6.42 Å². The molecule has 12 heteroatoms. The molecule has 2 aliphatic rings. The summed E-state index contributed by atoms with van der Waals surface area (Å²) < 4.78 is 21.8. The number of rotatable bonds is 13. The van der Waals surface area contributed by atoms with Gasteiger partial charge in [0.15, 0.2) is 12.2 Å². The average molecular weight is 557 g/mol. The second-order valence-corrected chi connectivity index (χ2v) is 10.3. The van der Waals surface area contributed by atoms with E-state index >= 15 is 0 Å². The van der Waals surface area contributed by atoms with Gasteiger partial charge >= 0.3 is 24.4 Å². The van der Waals surface area contributed by atoms with Gasteiger partial charge in [-0.1, -0.05) is 58.8 Å². The van der Waals surface area contributed by atoms with Crippen molar-refractivity contribution in [1.82, 2.24) is 21.3 Å². The van der Waals surface area contributed by atoms with Crippen molar-refractivity contribution >= 4 is 24.4 Å². The van der Waals surface area contributed by atoms with Gasteiger partial charge in [-0.05, 0) is 38.5 Å². The fourth-order valence-electron chi connectivity index (χ4n) is 4.93. The van der Waals surface area contributed by atoms with Crippen LogP contribution >= 0.6 is 0 Å². The van der Waals surface area contributed by atoms with Crippen molar-refractivity contribution in [2.45, 2.75) is 128 Å². The summed E-state index contributed by atoms with van der Waals surface area (Å²) in [5, 5.41) is 10.8. The van der Waals surface area contributed by atoms with Gasteiger partial charge in [0.1, 0.15) is 13.2 Å². The summed E-state index contributed by atoms with van der Waals surface area (Å²) in [5.41, 5.74) is 0. The lowest BCUT2D eigenvalue weighted by molar-refractivity contribution is -0.0592. The molecule has 0 aromatic carbocycles. The molecule has 0 radical (unpaired) electrons. The largest absolute Gasteiger partial charge is 0.445 e. The van der Waals surface area contributed by atoms with Crippen LogP contribution < -0.4 is 21.3 Å². The van der Waals surface area contributed by atoms with E-state index in [0.717, 1.165) is 77.0 Å². The number of hydrogen-bond donors (Lipinski definition) is 4. The highest BCUT2D eigenvalue weighted by atomic mass is 16.6. The molecule has 0 aromatic rings. The molecule has 39 heavy (non-hydrogen) atoms. The van der Waals surface area contributed by atoms with Gasteiger partial charge in [-0.15, -0.1) is 0 Å². The van der Waals surface area contributed by atoms with Crippen molar-refractivity contribution in [3.8, 4) is 0 Å². The predicted octanol–water partition coefficient (Wildman–Crippen LogP) is 4.50. The minimum Gasteiger partial charge on any atom is -0.445 e. The minimum atomic E-state index is -1.22. The molecule has 0 aromatic heterocycles. The van der Waals surface area contributed by atoms with E-state index in [1.54, 1.807) is 0 Å². The van der Waals surface area contributed by atoms with Crippen LogP contribution in [0, 0.1) is 0 Å². The third kappa shape index (κ3) is 13.1. The zero-order valence-electron chi connectivity index (χ0n) is 23.8. The molecule has 0 spiro atoms. The van der Waals surface area contributed by atoms with Crippen LogP contribution in [-0.2, 0) is 18.9 Å². The molecule has 2 aliphatic carbocycles. The molecule has 12 nitrogen and oxygen atoms in total. The van der Waals surface area contributed by atoms with Crippen LogP contribution in [0.5, 0.6) is 0 Å². The van der Waals surface area contributed by atoms with Crippen LogP contribution in [0.1, 0.15) is 97.3 Å². The SMILES string of the molecule is CCCC(CC)NC(=O)OC(COC(=O)NC1CCCCC1)C(COC(=O)NC)OC(=O)NC1CCCCC1. The molecule has 3 atom stereocenters. The van der Waals surface area contributed by atoms with Gasteiger partial charge in [-0.3, -0.25) is 0 Å². The Morgan fingerprint density at radius 1 is 0.692 bits per heavy atom. The first kappa shape index (κ1) is 32.3. The van der Waals surface area contributed by atoms with Crippen molar-refractivity contribution in [1.29, 1.82) is 0 Å². The molecule has 2 rings (SSSR count). The van der Waals surface area contributed by atoms with Crippen LogP contribution in [0.4, 0.5) is 19.2 Å². The van der Waals surface area contributed by atoms with Crippen molar-refractivity contribution < 1.29 is 38.1 Å². The van der Waals surface area contributed by atoms with Gasteiger partial charge in [-0.25, -0.2) is 19.2 Å². The third-order valence-electron chi connectivity index (χ3n) is 7.20. The molecule has 0 bridgehead atoms. The van der Waals surface area contributed by atoms with Gasteiger partial charge in [0.25, 0.3) is 0 Å². The summed E-state index contributed by atoms with van der Waals surface area (Å²) in [6.07, 6.45) is 6.87. The van der Waals surface area contributed by atoms with Gasteiger partial charge in [0.05, 0.1) is 0 Å². The topological polar surface area (TPSA) is 153 Å². The molecule has 0 aliphatic heterocycles. The standard InChI is InChI=1S/C27H48N4O8/c1-4-12-19(5-2)29-26(34)38-23(18-37-25(33)30-20-13-8-6-9-14-20)22(17-36-24(32)28-3)39-27(35)31-21-15-10-7-11-16-21/h19-23H,4-18H2,1-3H3,(H,28,32)(H,29,34)(H,30,33)(H,31,35). The first-order chi connectivity index (χ1) is 18.8. The Labute approximate surface area is 232 Å². The van der Waals surface area contributed by atoms with Crippen LogP contribution in [0.25, 0.3) is 0 Å². The second kappa shape index (κ2) is 18.4. The smallest absolute Gasteiger partial charge is 0.407 e. The highest BCUT2D eigenvalue weighted by molar-refractivity contribution is 5.70. The normalized spacial score (nSPS) is 18.5. The van der Waals surface area contributed by atoms with Crippen molar-refractivity contribution in [3.63, 3.8) is 0 Å². The van der Waals surface area contributed by atoms with Crippen LogP contribution in [-0.4, -0.2) is 75.0 Å². The van der Waals surface area contributed by atoms with E-state index < -0.39 is 49.8 Å². The molecule has 4 N–H and O–H groups in total. The van der Waals surface area contributed by atoms with Crippen molar-refractivity contribution in [3.05, 3.63) is 0 Å². The summed E-state index contributed by atoms with van der Waals surface area (Å²) in [4.78, 5) is 49.9. The maximum absolute atomic E-state index is 12.8. The molecule has 2 saturated carbocycles. The summed E-state index contributed by atoms with van der Waals surface area (Å²) in [7, 11) is 1.40. The molecule has 4 amide bonds. The molecule has 0 heterocycles. The summed E-state index contributed by atoms with van der Waals surface area (Å²) >= 11 is 0. The average Bonchev–Trinajstić information content (AvgIpc) is 2.93. The van der Waals surface area contributed by atoms with Crippen LogP contribution in [0.2, 0.25) is 0 Å². The Hall–Kier alpha value is -2.92. The third-order valence-corrected chi connectivity index (χ3v) is 7.20. The first-order valence-corrected chi connectivity index (χ1v) is 14.6. The number of amides is 4. The Bertz CT molecular complexity index is 756. The fraction of sp³-hybridized carbons (Fsp3) is 0.852. The first-order valence-electron chi connectivity index (χ1n) is 14.6. The number of ether oxygens (including phenoxy) is 4. The van der Waals surface area contributed by atoms with Crippen LogP contribution in [0.3, 0.4) is 0 Å². The second-order valence-electron chi connectivity index (χ2n) is 10.3. The van der Waals surface area contributed by atoms with Crippen LogP contribution in [0.15, 0.2) is 0 Å². The monoisotopic (exact) mass is 556 g/mol. The Balaban J connectivity index is 2.11. The maximum Gasteiger partial charge on any atom is 0.407 e. The van der Waals surface area contributed by atoms with Gasteiger partial charge in [0, 0.05) is 25.2 Å². The van der Waals surface area contributed by atoms with E-state index in [1.807, 2.05) is 13.8 Å². The molecular formula is C27H48N4O8. The number of hydrogen-bond acceptors (Lipinski definition) is 8. The molecule has 0 saturated heterocycles. The molecule has 3 unspecified atom stereocenters. The number of alkyl carbamates (subject to hydrolysis) is 4. The molecule has 224 valence electrons. The Morgan fingerprint density at radius 2 is 1.18 bits per heavy atom. The molecular weight excluding hydrogens is 508 g/mol. The van der Waals surface area contributed by atoms with E-state index in [9.17, 15) is 19.2 Å². The van der Waals surface area contributed by atoms with Gasteiger partial charge in [0.2, 0.25) is 0 Å². The van der Waals surface area contributed by atoms with E-state index in [4.69, 9.17) is 18.9 Å². The minimum absolute atomic E-state index is 0.0219. The zero-order valence-corrected chi connectivity index (χ0v) is 23.8. The lowest BCUT2D eigenvalue weighted by Crippen LogP contribution is -2.49. The molecule has 2 fully saturated rings. The highest BCUT2D eigenvalue weighted by Gasteiger charge is 2.33. The van der Waals surface area contributed by atoms with Crippen molar-refractivity contribution in [2.24, 2.45) is 0 Å². The Morgan fingerprint density at radius 3 is 1.67 bits per heavy atom. The summed E-state index contributed by atoms with van der Waals surface area (Å²) in [6.45, 7) is 3.17. The number of nitrogens with one attached hydrogen (secondary N) is 4. The van der Waals surface area contributed by atoms with Gasteiger partial charge < -0.3 is 40.2 Å². The van der Waals surface area contributed by atoms with E-state index in [2.05, 4.69) is 21.3 Å². The predicted molar refractivity (Wildman–Crippen MR) is 144 cm³/mol. The number of carbonyl (C=O) groups excluding carboxylic acids is 4. The summed E-state index contributed by atoms with van der Waals surface area (Å²) in [5.74, 6) is 0. The summed E-state index contributed by atoms with van der Waals surface area (Å²) in [6, 6.07) is -0.0979.